The van der Waals surface area contributed by atoms with Crippen LogP contribution in [0.3, 0.4) is 0 Å². The van der Waals surface area contributed by atoms with Gasteiger partial charge in [0.25, 0.3) is 5.91 Å². The fourth-order valence-electron chi connectivity index (χ4n) is 4.82. The van der Waals surface area contributed by atoms with Crippen molar-refractivity contribution in [2.24, 2.45) is 0 Å². The molecule has 3 aromatic heterocycles. The van der Waals surface area contributed by atoms with Gasteiger partial charge in [0.2, 0.25) is 0 Å². The number of nitrogens with zero attached hydrogens (tertiary/aromatic N) is 5. The molecule has 0 N–H and O–H groups in total. The molecule has 0 aromatic carbocycles. The summed E-state index contributed by atoms with van der Waals surface area (Å²) in [4.78, 5) is 30.2. The van der Waals surface area contributed by atoms with Gasteiger partial charge < -0.3 is 4.90 Å². The Morgan fingerprint density at radius 3 is 2.66 bits per heavy atom. The molecule has 0 unspecified atom stereocenters. The van der Waals surface area contributed by atoms with Crippen LogP contribution >= 0.6 is 22.7 Å². The number of carbonyl (C=O) groups is 1. The van der Waals surface area contributed by atoms with E-state index in [1.54, 1.807) is 34.9 Å². The summed E-state index contributed by atoms with van der Waals surface area (Å²) in [5, 5.41) is 13.1. The number of thiazole rings is 2. The second-order valence-electron chi connectivity index (χ2n) is 8.43. The first-order chi connectivity index (χ1) is 15.5. The lowest BCUT2D eigenvalue weighted by molar-refractivity contribution is 0.0634. The third kappa shape index (κ3) is 3.98. The third-order valence-corrected chi connectivity index (χ3v) is 8.15. The van der Waals surface area contributed by atoms with Crippen LogP contribution in [0.25, 0.3) is 10.6 Å². The second-order valence-corrected chi connectivity index (χ2v) is 10.6. The average molecular weight is 462 g/mol. The van der Waals surface area contributed by atoms with Gasteiger partial charge in [0.05, 0.1) is 37.9 Å². The Hall–Kier alpha value is -2.89. The van der Waals surface area contributed by atoms with Crippen LogP contribution < -0.4 is 0 Å². The minimum absolute atomic E-state index is 0.0557. The molecule has 0 aliphatic carbocycles. The van der Waals surface area contributed by atoms with Crippen LogP contribution in [0.5, 0.6) is 0 Å². The molecule has 2 saturated heterocycles. The van der Waals surface area contributed by atoms with E-state index >= 15 is 0 Å². The number of pyridine rings is 1. The number of hydrogen-bond acceptors (Lipinski definition) is 7. The van der Waals surface area contributed by atoms with Gasteiger partial charge in [0.1, 0.15) is 0 Å². The van der Waals surface area contributed by atoms with Crippen LogP contribution in [-0.4, -0.2) is 37.8 Å². The van der Waals surface area contributed by atoms with E-state index in [0.717, 1.165) is 57.7 Å². The molecule has 2 bridgehead atoms. The minimum Gasteiger partial charge on any atom is -0.332 e. The predicted molar refractivity (Wildman–Crippen MR) is 126 cm³/mol. The molecule has 3 aromatic rings. The number of hydrogen-bond donors (Lipinski definition) is 0. The summed E-state index contributed by atoms with van der Waals surface area (Å²) in [6.45, 7) is 4.03. The van der Waals surface area contributed by atoms with Crippen LogP contribution in [-0.2, 0) is 6.42 Å². The smallest absolute Gasteiger partial charge is 0.255 e. The maximum atomic E-state index is 13.2. The number of nitriles is 1. The summed E-state index contributed by atoms with van der Waals surface area (Å²) in [6, 6.07) is 6.36. The van der Waals surface area contributed by atoms with E-state index in [-0.39, 0.29) is 18.0 Å². The molecule has 2 aliphatic heterocycles. The number of piperidine rings is 1. The molecule has 2 atom stereocenters. The Bertz CT molecular complexity index is 1220. The van der Waals surface area contributed by atoms with Gasteiger partial charge >= 0.3 is 0 Å². The molecule has 0 saturated carbocycles. The molecule has 5 rings (SSSR count). The summed E-state index contributed by atoms with van der Waals surface area (Å²) in [5.74, 6) is 0.0557. The number of carbonyl (C=O) groups excluding carboxylic acids is 1. The highest BCUT2D eigenvalue weighted by molar-refractivity contribution is 7.16. The third-order valence-electron chi connectivity index (χ3n) is 6.21. The van der Waals surface area contributed by atoms with Crippen molar-refractivity contribution in [3.63, 3.8) is 0 Å². The molecule has 162 valence electrons. The van der Waals surface area contributed by atoms with Gasteiger partial charge in [0.15, 0.2) is 0 Å². The van der Waals surface area contributed by atoms with E-state index in [1.807, 2.05) is 30.9 Å². The fourth-order valence-corrected chi connectivity index (χ4v) is 6.57. The van der Waals surface area contributed by atoms with Crippen LogP contribution in [0.1, 0.15) is 57.4 Å². The molecule has 32 heavy (non-hydrogen) atoms. The zero-order chi connectivity index (χ0) is 22.2. The second kappa shape index (κ2) is 8.57. The molecule has 2 aliphatic rings. The van der Waals surface area contributed by atoms with E-state index < -0.39 is 0 Å². The van der Waals surface area contributed by atoms with E-state index in [1.165, 1.54) is 5.57 Å². The van der Waals surface area contributed by atoms with Crippen molar-refractivity contribution >= 4 is 28.6 Å². The SMILES string of the molecule is Cc1nc(C)c(-c2csc(Cc3ccc(C(=O)N4[C@@H]5CC[C@H]4CC(=CC#N)C5)cn3)n2)s1. The van der Waals surface area contributed by atoms with Gasteiger partial charge in [-0.05, 0) is 51.7 Å². The molecule has 8 heteroatoms. The molecule has 5 heterocycles. The van der Waals surface area contributed by atoms with E-state index in [9.17, 15) is 4.79 Å². The van der Waals surface area contributed by atoms with E-state index in [0.29, 0.717) is 12.0 Å². The lowest BCUT2D eigenvalue weighted by atomic mass is 9.96. The van der Waals surface area contributed by atoms with Gasteiger partial charge in [-0.2, -0.15) is 5.26 Å². The first-order valence-electron chi connectivity index (χ1n) is 10.8. The summed E-state index contributed by atoms with van der Waals surface area (Å²) in [6.07, 6.45) is 7.64. The molecule has 0 spiro atoms. The molecule has 6 nitrogen and oxygen atoms in total. The number of allylic oxidation sites excluding steroid dienone is 1. The summed E-state index contributed by atoms with van der Waals surface area (Å²) in [5.41, 5.74) is 4.70. The van der Waals surface area contributed by atoms with Crippen LogP contribution in [0.4, 0.5) is 0 Å². The van der Waals surface area contributed by atoms with Gasteiger partial charge in [-0.1, -0.05) is 5.57 Å². The largest absolute Gasteiger partial charge is 0.332 e. The highest BCUT2D eigenvalue weighted by Crippen LogP contribution is 2.39. The lowest BCUT2D eigenvalue weighted by Crippen LogP contribution is -2.44. The van der Waals surface area contributed by atoms with Crippen molar-refractivity contribution in [1.82, 2.24) is 19.9 Å². The Morgan fingerprint density at radius 2 is 2.03 bits per heavy atom. The van der Waals surface area contributed by atoms with E-state index in [2.05, 4.69) is 21.4 Å². The molecule has 0 radical (unpaired) electrons. The summed E-state index contributed by atoms with van der Waals surface area (Å²) < 4.78 is 0. The maximum Gasteiger partial charge on any atom is 0.255 e. The summed E-state index contributed by atoms with van der Waals surface area (Å²) >= 11 is 3.30. The minimum atomic E-state index is 0.0557. The Labute approximate surface area is 195 Å². The zero-order valence-electron chi connectivity index (χ0n) is 18.0. The van der Waals surface area contributed by atoms with Crippen LogP contribution in [0.2, 0.25) is 0 Å². The van der Waals surface area contributed by atoms with Crippen molar-refractivity contribution < 1.29 is 4.79 Å². The summed E-state index contributed by atoms with van der Waals surface area (Å²) in [7, 11) is 0. The van der Waals surface area contributed by atoms with Gasteiger partial charge in [0, 0.05) is 41.9 Å². The highest BCUT2D eigenvalue weighted by atomic mass is 32.1. The molecular formula is C24H23N5OS2. The molecular weight excluding hydrogens is 438 g/mol. The van der Waals surface area contributed by atoms with Crippen LogP contribution in [0, 0.1) is 25.2 Å². The van der Waals surface area contributed by atoms with Crippen molar-refractivity contribution in [2.45, 2.75) is 58.0 Å². The number of fused-ring (bicyclic) bond motifs is 2. The van der Waals surface area contributed by atoms with Gasteiger partial charge in [-0.25, -0.2) is 9.97 Å². The maximum absolute atomic E-state index is 13.2. The Kier molecular flexibility index (Phi) is 5.62. The molecule has 1 amide bonds. The number of aryl methyl sites for hydroxylation is 2. The van der Waals surface area contributed by atoms with Gasteiger partial charge in [-0.15, -0.1) is 22.7 Å². The van der Waals surface area contributed by atoms with Crippen molar-refractivity contribution in [1.29, 1.82) is 5.26 Å². The van der Waals surface area contributed by atoms with Crippen LogP contribution in [0.15, 0.2) is 35.4 Å². The van der Waals surface area contributed by atoms with Crippen molar-refractivity contribution in [3.8, 4) is 16.6 Å². The van der Waals surface area contributed by atoms with Crippen molar-refractivity contribution in [3.05, 3.63) is 62.3 Å². The molecule has 2 fully saturated rings. The lowest BCUT2D eigenvalue weighted by Gasteiger charge is -2.36. The first kappa shape index (κ1) is 21.0. The normalized spacial score (nSPS) is 21.2. The van der Waals surface area contributed by atoms with Crippen molar-refractivity contribution in [2.75, 3.05) is 0 Å². The first-order valence-corrected chi connectivity index (χ1v) is 12.5. The standard InChI is InChI=1S/C24H23N5OS2/c1-14-23(32-15(2)27-14)21-13-31-22(28-21)11-18-4-3-17(12-26-18)24(30)29-19-5-6-20(29)10-16(9-19)7-8-25/h3-4,7,12-13,19-20H,5-6,9-11H2,1-2H3/t19-,20+. The topological polar surface area (TPSA) is 82.8 Å². The monoisotopic (exact) mass is 461 g/mol. The number of aromatic nitrogens is 3. The zero-order valence-corrected chi connectivity index (χ0v) is 19.7. The number of amides is 1. The Morgan fingerprint density at radius 1 is 1.25 bits per heavy atom. The average Bonchev–Trinajstić information content (AvgIpc) is 3.44. The highest BCUT2D eigenvalue weighted by Gasteiger charge is 2.41. The van der Waals surface area contributed by atoms with E-state index in [4.69, 9.17) is 10.2 Å². The quantitative estimate of drug-likeness (QED) is 0.506. The Balaban J connectivity index is 1.27. The van der Waals surface area contributed by atoms with Gasteiger partial charge in [-0.3, -0.25) is 9.78 Å². The number of rotatable bonds is 4. The fraction of sp³-hybridized carbons (Fsp3) is 0.375. The predicted octanol–water partition coefficient (Wildman–Crippen LogP) is 5.09.